The van der Waals surface area contributed by atoms with Gasteiger partial charge in [0.15, 0.2) is 5.82 Å². The Morgan fingerprint density at radius 3 is 2.63 bits per heavy atom. The number of nitrogens with zero attached hydrogens (tertiary/aromatic N) is 3. The van der Waals surface area contributed by atoms with Gasteiger partial charge in [0.05, 0.1) is 23.2 Å². The predicted octanol–water partition coefficient (Wildman–Crippen LogP) is 6.02. The second kappa shape index (κ2) is 9.21. The lowest BCUT2D eigenvalue weighted by Crippen LogP contribution is -2.13. The summed E-state index contributed by atoms with van der Waals surface area (Å²) >= 11 is 7.21. The van der Waals surface area contributed by atoms with Crippen LogP contribution in [0.4, 0.5) is 10.2 Å². The first kappa shape index (κ1) is 23.2. The molecule has 0 aliphatic rings. The molecule has 1 N–H and O–H groups in total. The standard InChI is InChI=1S/C24H16ClFN4O3S2/c1-33-22-12-18(14-3-2-4-15(25)9-14)20(26)11-19(22)24-17-6-5-16(10-21(17)27-13-28-24)35(31,32)30-23-7-8-34-29-23/h2-13H,1H3,(H,29,30). The van der Waals surface area contributed by atoms with E-state index >= 15 is 4.39 Å². The second-order valence-electron chi connectivity index (χ2n) is 7.43. The van der Waals surface area contributed by atoms with Crippen LogP contribution in [0.15, 0.2) is 77.3 Å². The number of halogens is 2. The van der Waals surface area contributed by atoms with E-state index in [0.717, 1.165) is 11.5 Å². The van der Waals surface area contributed by atoms with Gasteiger partial charge in [0.2, 0.25) is 0 Å². The molecule has 0 aliphatic heterocycles. The van der Waals surface area contributed by atoms with Gasteiger partial charge >= 0.3 is 0 Å². The molecule has 2 aromatic heterocycles. The average Bonchev–Trinajstić information content (AvgIpc) is 3.35. The fraction of sp³-hybridized carbons (Fsp3) is 0.0417. The highest BCUT2D eigenvalue weighted by atomic mass is 35.5. The molecule has 0 spiro atoms. The third-order valence-electron chi connectivity index (χ3n) is 5.27. The summed E-state index contributed by atoms with van der Waals surface area (Å²) < 4.78 is 52.7. The Balaban J connectivity index is 1.60. The number of rotatable bonds is 6. The summed E-state index contributed by atoms with van der Waals surface area (Å²) in [5, 5.41) is 2.69. The molecule has 0 atom stereocenters. The molecule has 7 nitrogen and oxygen atoms in total. The molecule has 176 valence electrons. The first-order valence-corrected chi connectivity index (χ1v) is 12.9. The van der Waals surface area contributed by atoms with Gasteiger partial charge in [-0.15, -0.1) is 0 Å². The Labute approximate surface area is 209 Å². The number of fused-ring (bicyclic) bond motifs is 1. The normalized spacial score (nSPS) is 11.5. The highest BCUT2D eigenvalue weighted by Crippen LogP contribution is 2.38. The Bertz CT molecular complexity index is 1660. The van der Waals surface area contributed by atoms with E-state index in [0.29, 0.717) is 44.1 Å². The fourth-order valence-corrected chi connectivity index (χ4v) is 5.40. The van der Waals surface area contributed by atoms with Crippen LogP contribution in [-0.4, -0.2) is 29.9 Å². The molecule has 0 bridgehead atoms. The van der Waals surface area contributed by atoms with E-state index < -0.39 is 15.8 Å². The van der Waals surface area contributed by atoms with Crippen LogP contribution in [0.5, 0.6) is 5.75 Å². The van der Waals surface area contributed by atoms with E-state index in [1.807, 2.05) is 0 Å². The zero-order chi connectivity index (χ0) is 24.6. The van der Waals surface area contributed by atoms with Crippen LogP contribution in [0, 0.1) is 5.82 Å². The van der Waals surface area contributed by atoms with Crippen LogP contribution in [-0.2, 0) is 10.0 Å². The summed E-state index contributed by atoms with van der Waals surface area (Å²) in [4.78, 5) is 8.58. The number of ether oxygens (including phenoxy) is 1. The SMILES string of the molecule is COc1cc(-c2cccc(Cl)c2)c(F)cc1-c1ncnc2cc(S(=O)(=O)Nc3ccsn3)ccc12. The number of benzene rings is 3. The topological polar surface area (TPSA) is 94.1 Å². The van der Waals surface area contributed by atoms with Gasteiger partial charge in [-0.1, -0.05) is 23.7 Å². The lowest BCUT2D eigenvalue weighted by Gasteiger charge is -2.14. The third kappa shape index (κ3) is 4.55. The van der Waals surface area contributed by atoms with Gasteiger partial charge in [-0.3, -0.25) is 4.72 Å². The number of hydrogen-bond acceptors (Lipinski definition) is 7. The average molecular weight is 527 g/mol. The Kier molecular flexibility index (Phi) is 6.10. The van der Waals surface area contributed by atoms with E-state index in [-0.39, 0.29) is 10.7 Å². The van der Waals surface area contributed by atoms with Crippen molar-refractivity contribution in [3.05, 3.63) is 83.2 Å². The molecule has 0 saturated carbocycles. The van der Waals surface area contributed by atoms with Crippen molar-refractivity contribution in [1.82, 2.24) is 14.3 Å². The molecule has 35 heavy (non-hydrogen) atoms. The lowest BCUT2D eigenvalue weighted by molar-refractivity contribution is 0.415. The van der Waals surface area contributed by atoms with E-state index in [1.165, 1.54) is 31.6 Å². The van der Waals surface area contributed by atoms with Gasteiger partial charge in [0, 0.05) is 26.9 Å². The zero-order valence-corrected chi connectivity index (χ0v) is 20.5. The molecule has 0 aliphatic carbocycles. The van der Waals surface area contributed by atoms with Crippen molar-refractivity contribution in [2.24, 2.45) is 0 Å². The molecular formula is C24H16ClFN4O3S2. The maximum absolute atomic E-state index is 15.2. The van der Waals surface area contributed by atoms with E-state index in [4.69, 9.17) is 16.3 Å². The number of nitrogens with one attached hydrogen (secondary N) is 1. The summed E-state index contributed by atoms with van der Waals surface area (Å²) in [6, 6.07) is 15.8. The minimum Gasteiger partial charge on any atom is -0.496 e. The number of anilines is 1. The maximum atomic E-state index is 15.2. The van der Waals surface area contributed by atoms with Gasteiger partial charge in [-0.2, -0.15) is 4.37 Å². The Morgan fingerprint density at radius 2 is 1.89 bits per heavy atom. The quantitative estimate of drug-likeness (QED) is 0.290. The minimum atomic E-state index is -3.87. The van der Waals surface area contributed by atoms with Crippen molar-refractivity contribution in [3.63, 3.8) is 0 Å². The van der Waals surface area contributed by atoms with Gasteiger partial charge < -0.3 is 4.74 Å². The smallest absolute Gasteiger partial charge is 0.263 e. The molecule has 11 heteroatoms. The van der Waals surface area contributed by atoms with E-state index in [9.17, 15) is 8.42 Å². The first-order chi connectivity index (χ1) is 16.9. The van der Waals surface area contributed by atoms with Gasteiger partial charge in [0.25, 0.3) is 10.0 Å². The van der Waals surface area contributed by atoms with Crippen LogP contribution in [0.3, 0.4) is 0 Å². The molecule has 2 heterocycles. The van der Waals surface area contributed by atoms with Crippen molar-refractivity contribution < 1.29 is 17.5 Å². The van der Waals surface area contributed by atoms with Gasteiger partial charge in [-0.25, -0.2) is 22.8 Å². The lowest BCUT2D eigenvalue weighted by atomic mass is 9.99. The van der Waals surface area contributed by atoms with Crippen LogP contribution in [0.2, 0.25) is 5.02 Å². The molecule has 5 rings (SSSR count). The molecule has 0 fully saturated rings. The molecule has 0 saturated heterocycles. The third-order valence-corrected chi connectivity index (χ3v) is 7.42. The van der Waals surface area contributed by atoms with Crippen molar-refractivity contribution in [1.29, 1.82) is 0 Å². The maximum Gasteiger partial charge on any atom is 0.263 e. The van der Waals surface area contributed by atoms with E-state index in [1.54, 1.807) is 47.8 Å². The van der Waals surface area contributed by atoms with Crippen molar-refractivity contribution in [2.75, 3.05) is 11.8 Å². The minimum absolute atomic E-state index is 0.0112. The molecule has 3 aromatic carbocycles. The van der Waals surface area contributed by atoms with Crippen LogP contribution >= 0.6 is 23.1 Å². The number of methoxy groups -OCH3 is 1. The second-order valence-corrected chi connectivity index (χ2v) is 10.2. The van der Waals surface area contributed by atoms with Crippen molar-refractivity contribution in [2.45, 2.75) is 4.90 Å². The predicted molar refractivity (Wildman–Crippen MR) is 135 cm³/mol. The first-order valence-electron chi connectivity index (χ1n) is 10.2. The summed E-state index contributed by atoms with van der Waals surface area (Å²) in [5.74, 6) is 0.142. The van der Waals surface area contributed by atoms with Gasteiger partial charge in [0.1, 0.15) is 17.9 Å². The molecule has 0 unspecified atom stereocenters. The fourth-order valence-electron chi connectivity index (χ4n) is 3.66. The molecule has 5 aromatic rings. The monoisotopic (exact) mass is 526 g/mol. The molecule has 0 radical (unpaired) electrons. The number of aromatic nitrogens is 3. The van der Waals surface area contributed by atoms with Crippen LogP contribution in [0.25, 0.3) is 33.3 Å². The highest BCUT2D eigenvalue weighted by molar-refractivity contribution is 7.92. The zero-order valence-electron chi connectivity index (χ0n) is 18.1. The summed E-state index contributed by atoms with van der Waals surface area (Å²) in [7, 11) is -2.39. The summed E-state index contributed by atoms with van der Waals surface area (Å²) in [5.41, 5.74) is 2.11. The van der Waals surface area contributed by atoms with E-state index in [2.05, 4.69) is 19.1 Å². The van der Waals surface area contributed by atoms with Crippen molar-refractivity contribution >= 4 is 49.9 Å². The summed E-state index contributed by atoms with van der Waals surface area (Å²) in [6.07, 6.45) is 1.30. The number of hydrogen-bond donors (Lipinski definition) is 1. The van der Waals surface area contributed by atoms with Crippen LogP contribution < -0.4 is 9.46 Å². The summed E-state index contributed by atoms with van der Waals surface area (Å²) in [6.45, 7) is 0. The van der Waals surface area contributed by atoms with Crippen molar-refractivity contribution in [3.8, 4) is 28.1 Å². The highest BCUT2D eigenvalue weighted by Gasteiger charge is 2.20. The van der Waals surface area contributed by atoms with Crippen LogP contribution in [0.1, 0.15) is 0 Å². The largest absolute Gasteiger partial charge is 0.496 e. The molecule has 0 amide bonds. The Hall–Kier alpha value is -3.60. The van der Waals surface area contributed by atoms with Gasteiger partial charge in [-0.05, 0) is 65.6 Å². The number of sulfonamides is 1. The molecular weight excluding hydrogens is 511 g/mol. The Morgan fingerprint density at radius 1 is 1.03 bits per heavy atom.